The van der Waals surface area contributed by atoms with Crippen LogP contribution in [0.4, 0.5) is 5.69 Å². The second-order valence-corrected chi connectivity index (χ2v) is 5.66. The average molecular weight is 304 g/mol. The molecule has 5 nitrogen and oxygen atoms in total. The van der Waals surface area contributed by atoms with Crippen LogP contribution in [0, 0.1) is 0 Å². The number of rotatable bonds is 6. The molecule has 120 valence electrons. The number of amides is 2. The molecular weight excluding hydrogens is 280 g/mol. The Morgan fingerprint density at radius 3 is 2.91 bits per heavy atom. The first-order valence-corrected chi connectivity index (χ1v) is 7.86. The number of likely N-dealkylation sites (N-methyl/N-ethyl adjacent to an activating group) is 1. The number of benzene rings is 1. The lowest BCUT2D eigenvalue weighted by molar-refractivity contribution is -0.125. The van der Waals surface area contributed by atoms with Crippen molar-refractivity contribution in [2.75, 3.05) is 18.5 Å². The molecule has 0 bridgehead atoms. The number of fused-ring (bicyclic) bond motifs is 1. The highest BCUT2D eigenvalue weighted by Crippen LogP contribution is 2.33. The van der Waals surface area contributed by atoms with Crippen LogP contribution in [0.5, 0.6) is 5.75 Å². The quantitative estimate of drug-likeness (QED) is 0.877. The molecular formula is C17H24N2O3. The van der Waals surface area contributed by atoms with Crippen LogP contribution in [0.2, 0.25) is 0 Å². The van der Waals surface area contributed by atoms with Gasteiger partial charge in [0.1, 0.15) is 5.75 Å². The molecule has 2 amide bonds. The van der Waals surface area contributed by atoms with Crippen LogP contribution < -0.4 is 15.0 Å². The Hall–Kier alpha value is -2.04. The number of carbonyl (C=O) groups excluding carboxylic acids is 2. The highest BCUT2D eigenvalue weighted by atomic mass is 16.5. The number of nitrogens with zero attached hydrogens (tertiary/aromatic N) is 1. The number of carbonyl (C=O) groups is 2. The largest absolute Gasteiger partial charge is 0.479 e. The van der Waals surface area contributed by atoms with Gasteiger partial charge in [-0.25, -0.2) is 0 Å². The van der Waals surface area contributed by atoms with Crippen molar-refractivity contribution in [3.05, 3.63) is 23.8 Å². The van der Waals surface area contributed by atoms with Crippen molar-refractivity contribution in [3.63, 3.8) is 0 Å². The van der Waals surface area contributed by atoms with Gasteiger partial charge < -0.3 is 15.0 Å². The van der Waals surface area contributed by atoms with Crippen LogP contribution in [-0.2, 0) is 16.0 Å². The van der Waals surface area contributed by atoms with Crippen molar-refractivity contribution in [1.82, 2.24) is 5.32 Å². The summed E-state index contributed by atoms with van der Waals surface area (Å²) in [6.45, 7) is 4.43. The van der Waals surface area contributed by atoms with Crippen molar-refractivity contribution in [2.45, 2.75) is 45.6 Å². The molecule has 0 fully saturated rings. The molecule has 1 heterocycles. The first-order chi connectivity index (χ1) is 10.5. The van der Waals surface area contributed by atoms with Gasteiger partial charge in [0.25, 0.3) is 5.91 Å². The second kappa shape index (κ2) is 7.29. The summed E-state index contributed by atoms with van der Waals surface area (Å²) in [4.78, 5) is 25.2. The van der Waals surface area contributed by atoms with E-state index in [0.29, 0.717) is 13.0 Å². The molecule has 1 atom stereocenters. The summed E-state index contributed by atoms with van der Waals surface area (Å²) in [7, 11) is 1.76. The molecule has 0 radical (unpaired) electrons. The molecule has 0 saturated carbocycles. The molecule has 1 aromatic rings. The van der Waals surface area contributed by atoms with Crippen molar-refractivity contribution in [1.29, 1.82) is 0 Å². The van der Waals surface area contributed by atoms with Crippen molar-refractivity contribution in [2.24, 2.45) is 0 Å². The molecule has 22 heavy (non-hydrogen) atoms. The molecule has 2 rings (SSSR count). The van der Waals surface area contributed by atoms with Crippen LogP contribution >= 0.6 is 0 Å². The van der Waals surface area contributed by atoms with Gasteiger partial charge in [-0.05, 0) is 37.5 Å². The first kappa shape index (κ1) is 16.3. The number of hydrogen-bond donors (Lipinski definition) is 1. The number of ether oxygens (including phenoxy) is 1. The molecule has 1 unspecified atom stereocenters. The Balaban J connectivity index is 1.94. The maximum atomic E-state index is 11.9. The monoisotopic (exact) mass is 304 g/mol. The van der Waals surface area contributed by atoms with Gasteiger partial charge in [0, 0.05) is 20.0 Å². The summed E-state index contributed by atoms with van der Waals surface area (Å²) in [5, 5.41) is 2.92. The van der Waals surface area contributed by atoms with E-state index in [9.17, 15) is 9.59 Å². The van der Waals surface area contributed by atoms with Gasteiger partial charge in [0.15, 0.2) is 6.10 Å². The summed E-state index contributed by atoms with van der Waals surface area (Å²) >= 11 is 0. The predicted molar refractivity (Wildman–Crippen MR) is 86.2 cm³/mol. The zero-order chi connectivity index (χ0) is 16.1. The minimum absolute atomic E-state index is 0.0440. The van der Waals surface area contributed by atoms with Gasteiger partial charge in [0.2, 0.25) is 5.91 Å². The summed E-state index contributed by atoms with van der Waals surface area (Å²) < 4.78 is 5.60. The highest BCUT2D eigenvalue weighted by Gasteiger charge is 2.28. The molecule has 1 aliphatic heterocycles. The Bertz CT molecular complexity index is 557. The first-order valence-electron chi connectivity index (χ1n) is 7.86. The minimum atomic E-state index is -0.443. The lowest BCUT2D eigenvalue weighted by atomic mass is 10.1. The second-order valence-electron chi connectivity index (χ2n) is 5.66. The summed E-state index contributed by atoms with van der Waals surface area (Å²) in [6.07, 6.45) is 2.83. The van der Waals surface area contributed by atoms with Crippen LogP contribution in [0.25, 0.3) is 0 Å². The van der Waals surface area contributed by atoms with E-state index in [1.54, 1.807) is 18.9 Å². The number of anilines is 1. The Morgan fingerprint density at radius 1 is 1.41 bits per heavy atom. The van der Waals surface area contributed by atoms with Crippen LogP contribution in [0.15, 0.2) is 18.2 Å². The van der Waals surface area contributed by atoms with Crippen molar-refractivity contribution >= 4 is 17.5 Å². The van der Waals surface area contributed by atoms with Gasteiger partial charge in [-0.15, -0.1) is 0 Å². The fourth-order valence-electron chi connectivity index (χ4n) is 2.48. The third-order valence-electron chi connectivity index (χ3n) is 3.86. The maximum absolute atomic E-state index is 11.9. The third-order valence-corrected chi connectivity index (χ3v) is 3.86. The zero-order valence-electron chi connectivity index (χ0n) is 13.5. The maximum Gasteiger partial charge on any atom is 0.267 e. The molecule has 0 spiro atoms. The summed E-state index contributed by atoms with van der Waals surface area (Å²) in [6, 6.07) is 5.83. The van der Waals surface area contributed by atoms with Gasteiger partial charge in [-0.3, -0.25) is 9.59 Å². The Labute approximate surface area is 131 Å². The van der Waals surface area contributed by atoms with Gasteiger partial charge in [0.05, 0.1) is 5.69 Å². The van der Waals surface area contributed by atoms with Crippen molar-refractivity contribution < 1.29 is 14.3 Å². The molecule has 1 aliphatic rings. The molecule has 1 N–H and O–H groups in total. The van der Waals surface area contributed by atoms with E-state index in [4.69, 9.17) is 4.74 Å². The van der Waals surface area contributed by atoms with E-state index < -0.39 is 6.10 Å². The van der Waals surface area contributed by atoms with Gasteiger partial charge in [-0.1, -0.05) is 19.4 Å². The lowest BCUT2D eigenvalue weighted by Gasteiger charge is -2.30. The molecule has 1 aromatic carbocycles. The van der Waals surface area contributed by atoms with Gasteiger partial charge in [-0.2, -0.15) is 0 Å². The standard InChI is InChI=1S/C17H24N2O3/c1-4-5-6-16(20)18-10-9-13-7-8-15-14(11-13)19(3)17(21)12(2)22-15/h7-8,11-12H,4-6,9-10H2,1-3H3,(H,18,20). The molecule has 0 aromatic heterocycles. The van der Waals surface area contributed by atoms with Crippen LogP contribution in [0.3, 0.4) is 0 Å². The lowest BCUT2D eigenvalue weighted by Crippen LogP contribution is -2.42. The molecule has 5 heteroatoms. The fourth-order valence-corrected chi connectivity index (χ4v) is 2.48. The number of nitrogens with one attached hydrogen (secondary N) is 1. The smallest absolute Gasteiger partial charge is 0.267 e. The van der Waals surface area contributed by atoms with E-state index >= 15 is 0 Å². The Kier molecular flexibility index (Phi) is 5.41. The van der Waals surface area contributed by atoms with E-state index in [-0.39, 0.29) is 11.8 Å². The SMILES string of the molecule is CCCCC(=O)NCCc1ccc2c(c1)N(C)C(=O)C(C)O2. The van der Waals surface area contributed by atoms with Crippen molar-refractivity contribution in [3.8, 4) is 5.75 Å². The zero-order valence-corrected chi connectivity index (χ0v) is 13.5. The normalized spacial score (nSPS) is 17.0. The highest BCUT2D eigenvalue weighted by molar-refractivity contribution is 5.99. The summed E-state index contributed by atoms with van der Waals surface area (Å²) in [5.74, 6) is 0.784. The molecule has 0 saturated heterocycles. The molecule has 0 aliphatic carbocycles. The predicted octanol–water partition coefficient (Wildman–Crippen LogP) is 2.28. The van der Waals surface area contributed by atoms with Crippen LogP contribution in [-0.4, -0.2) is 31.5 Å². The van der Waals surface area contributed by atoms with E-state index in [1.165, 1.54) is 0 Å². The van der Waals surface area contributed by atoms with E-state index in [0.717, 1.165) is 36.3 Å². The minimum Gasteiger partial charge on any atom is -0.479 e. The third kappa shape index (κ3) is 3.78. The Morgan fingerprint density at radius 2 is 2.18 bits per heavy atom. The average Bonchev–Trinajstić information content (AvgIpc) is 2.51. The number of unbranched alkanes of at least 4 members (excludes halogenated alkanes) is 1. The van der Waals surface area contributed by atoms with Gasteiger partial charge >= 0.3 is 0 Å². The van der Waals surface area contributed by atoms with Crippen LogP contribution in [0.1, 0.15) is 38.7 Å². The fraction of sp³-hybridized carbons (Fsp3) is 0.529. The van der Waals surface area contributed by atoms with E-state index in [2.05, 4.69) is 12.2 Å². The number of hydrogen-bond acceptors (Lipinski definition) is 3. The summed E-state index contributed by atoms with van der Waals surface area (Å²) in [5.41, 5.74) is 1.87. The van der Waals surface area contributed by atoms with E-state index in [1.807, 2.05) is 18.2 Å². The topological polar surface area (TPSA) is 58.6 Å².